The first-order chi connectivity index (χ1) is 8.83. The molecule has 1 aromatic heterocycles. The maximum Gasteiger partial charge on any atom is 0.119 e. The van der Waals surface area contributed by atoms with Crippen LogP contribution in [0.5, 0.6) is 5.75 Å². The minimum atomic E-state index is 0.236. The van der Waals surface area contributed by atoms with E-state index in [4.69, 9.17) is 10.5 Å². The maximum atomic E-state index is 5.85. The predicted octanol–water partition coefficient (Wildman–Crippen LogP) is 2.88. The Morgan fingerprint density at radius 2 is 2.06 bits per heavy atom. The fraction of sp³-hybridized carbons (Fsp3) is 0.214. The van der Waals surface area contributed by atoms with Crippen LogP contribution in [0.25, 0.3) is 0 Å². The van der Waals surface area contributed by atoms with Gasteiger partial charge in [-0.25, -0.2) is 0 Å². The van der Waals surface area contributed by atoms with Gasteiger partial charge < -0.3 is 10.5 Å². The highest BCUT2D eigenvalue weighted by molar-refractivity contribution is 7.99. The average Bonchev–Trinajstić information content (AvgIpc) is 2.46. The third kappa shape index (κ3) is 3.24. The van der Waals surface area contributed by atoms with E-state index in [2.05, 4.69) is 11.1 Å². The molecule has 1 atom stereocenters. The van der Waals surface area contributed by atoms with E-state index in [1.54, 1.807) is 31.3 Å². The van der Waals surface area contributed by atoms with E-state index in [1.165, 1.54) is 5.56 Å². The van der Waals surface area contributed by atoms with E-state index < -0.39 is 0 Å². The van der Waals surface area contributed by atoms with E-state index in [-0.39, 0.29) is 5.25 Å². The molecule has 0 spiro atoms. The second kappa shape index (κ2) is 6.42. The van der Waals surface area contributed by atoms with E-state index in [9.17, 15) is 0 Å². The molecule has 2 N–H and O–H groups in total. The van der Waals surface area contributed by atoms with Crippen molar-refractivity contribution in [2.75, 3.05) is 13.7 Å². The lowest BCUT2D eigenvalue weighted by atomic mass is 10.2. The number of hydrogen-bond donors (Lipinski definition) is 1. The lowest BCUT2D eigenvalue weighted by Gasteiger charge is -2.15. The van der Waals surface area contributed by atoms with E-state index in [0.717, 1.165) is 10.6 Å². The van der Waals surface area contributed by atoms with Crippen molar-refractivity contribution in [3.8, 4) is 5.75 Å². The van der Waals surface area contributed by atoms with Crippen molar-refractivity contribution < 1.29 is 4.74 Å². The molecule has 0 saturated heterocycles. The van der Waals surface area contributed by atoms with Crippen LogP contribution in [0, 0.1) is 0 Å². The molecular weight excluding hydrogens is 244 g/mol. The molecule has 0 aliphatic heterocycles. The lowest BCUT2D eigenvalue weighted by molar-refractivity contribution is 0.413. The summed E-state index contributed by atoms with van der Waals surface area (Å²) in [5, 5.41) is 0.236. The summed E-state index contributed by atoms with van der Waals surface area (Å²) in [6.45, 7) is 0.589. The third-order valence-corrected chi connectivity index (χ3v) is 3.89. The number of benzene rings is 1. The number of ether oxygens (including phenoxy) is 1. The van der Waals surface area contributed by atoms with Crippen LogP contribution in [-0.4, -0.2) is 18.6 Å². The average molecular weight is 260 g/mol. The van der Waals surface area contributed by atoms with Gasteiger partial charge in [0.1, 0.15) is 5.75 Å². The topological polar surface area (TPSA) is 48.1 Å². The number of aromatic nitrogens is 1. The summed E-state index contributed by atoms with van der Waals surface area (Å²) < 4.78 is 5.22. The van der Waals surface area contributed by atoms with Crippen LogP contribution >= 0.6 is 11.8 Å². The van der Waals surface area contributed by atoms with Crippen molar-refractivity contribution in [3.05, 3.63) is 54.4 Å². The molecule has 1 aromatic carbocycles. The predicted molar refractivity (Wildman–Crippen MR) is 74.9 cm³/mol. The molecule has 2 aromatic rings. The summed E-state index contributed by atoms with van der Waals surface area (Å²) in [4.78, 5) is 5.18. The Kier molecular flexibility index (Phi) is 4.61. The van der Waals surface area contributed by atoms with Gasteiger partial charge in [-0.1, -0.05) is 6.07 Å². The first kappa shape index (κ1) is 12.9. The van der Waals surface area contributed by atoms with Crippen molar-refractivity contribution in [2.45, 2.75) is 10.1 Å². The largest absolute Gasteiger partial charge is 0.497 e. The molecule has 0 bridgehead atoms. The highest BCUT2D eigenvalue weighted by atomic mass is 32.2. The fourth-order valence-electron chi connectivity index (χ4n) is 1.67. The van der Waals surface area contributed by atoms with Gasteiger partial charge in [-0.15, -0.1) is 11.8 Å². The molecule has 3 nitrogen and oxygen atoms in total. The van der Waals surface area contributed by atoms with Gasteiger partial charge in [-0.2, -0.15) is 0 Å². The Balaban J connectivity index is 2.15. The molecule has 0 amide bonds. The maximum absolute atomic E-state index is 5.85. The van der Waals surface area contributed by atoms with Crippen LogP contribution in [0.2, 0.25) is 0 Å². The molecule has 1 heterocycles. The van der Waals surface area contributed by atoms with Crippen molar-refractivity contribution >= 4 is 11.8 Å². The van der Waals surface area contributed by atoms with Gasteiger partial charge in [-0.05, 0) is 35.9 Å². The Morgan fingerprint density at radius 3 is 2.72 bits per heavy atom. The number of methoxy groups -OCH3 is 1. The molecule has 0 radical (unpaired) electrons. The van der Waals surface area contributed by atoms with Crippen LogP contribution in [0.4, 0.5) is 0 Å². The minimum absolute atomic E-state index is 0.236. The summed E-state index contributed by atoms with van der Waals surface area (Å²) >= 11 is 1.74. The van der Waals surface area contributed by atoms with Crippen LogP contribution < -0.4 is 10.5 Å². The van der Waals surface area contributed by atoms with E-state index in [0.29, 0.717) is 6.54 Å². The van der Waals surface area contributed by atoms with Gasteiger partial charge in [0.25, 0.3) is 0 Å². The first-order valence-electron chi connectivity index (χ1n) is 5.74. The zero-order chi connectivity index (χ0) is 12.8. The van der Waals surface area contributed by atoms with Gasteiger partial charge in [0.05, 0.1) is 7.11 Å². The Hall–Kier alpha value is -1.52. The van der Waals surface area contributed by atoms with Gasteiger partial charge in [0.15, 0.2) is 0 Å². The van der Waals surface area contributed by atoms with Crippen molar-refractivity contribution in [2.24, 2.45) is 5.73 Å². The van der Waals surface area contributed by atoms with Gasteiger partial charge in [0.2, 0.25) is 0 Å². The van der Waals surface area contributed by atoms with Crippen LogP contribution in [0.1, 0.15) is 10.8 Å². The molecule has 0 aliphatic carbocycles. The number of pyridine rings is 1. The third-order valence-electron chi connectivity index (χ3n) is 2.61. The monoisotopic (exact) mass is 260 g/mol. The molecular formula is C14H16N2OS. The summed E-state index contributed by atoms with van der Waals surface area (Å²) in [6, 6.07) is 12.0. The molecule has 0 saturated carbocycles. The second-order valence-corrected chi connectivity index (χ2v) is 5.08. The Morgan fingerprint density at radius 1 is 1.28 bits per heavy atom. The van der Waals surface area contributed by atoms with Gasteiger partial charge in [-0.3, -0.25) is 4.98 Å². The van der Waals surface area contributed by atoms with E-state index in [1.807, 2.05) is 30.3 Å². The number of thioether (sulfide) groups is 1. The normalized spacial score (nSPS) is 12.1. The van der Waals surface area contributed by atoms with Crippen LogP contribution in [0.3, 0.4) is 0 Å². The molecule has 0 aliphatic rings. The van der Waals surface area contributed by atoms with Crippen molar-refractivity contribution in [1.82, 2.24) is 4.98 Å². The SMILES string of the molecule is COc1cccc(SC(CN)c2ccncc2)c1. The number of rotatable bonds is 5. The second-order valence-electron chi connectivity index (χ2n) is 3.80. The Labute approximate surface area is 111 Å². The quantitative estimate of drug-likeness (QED) is 0.840. The van der Waals surface area contributed by atoms with Crippen LogP contribution in [-0.2, 0) is 0 Å². The highest BCUT2D eigenvalue weighted by Crippen LogP contribution is 2.35. The van der Waals surface area contributed by atoms with Crippen molar-refractivity contribution in [1.29, 1.82) is 0 Å². The fourth-order valence-corrected chi connectivity index (χ4v) is 2.73. The van der Waals surface area contributed by atoms with Crippen molar-refractivity contribution in [3.63, 3.8) is 0 Å². The molecule has 4 heteroatoms. The van der Waals surface area contributed by atoms with Crippen LogP contribution in [0.15, 0.2) is 53.7 Å². The molecule has 1 unspecified atom stereocenters. The molecule has 18 heavy (non-hydrogen) atoms. The molecule has 0 fully saturated rings. The minimum Gasteiger partial charge on any atom is -0.497 e. The number of hydrogen-bond acceptors (Lipinski definition) is 4. The van der Waals surface area contributed by atoms with E-state index >= 15 is 0 Å². The summed E-state index contributed by atoms with van der Waals surface area (Å²) in [7, 11) is 1.67. The summed E-state index contributed by atoms with van der Waals surface area (Å²) in [6.07, 6.45) is 3.59. The number of nitrogens with two attached hydrogens (primary N) is 1. The zero-order valence-corrected chi connectivity index (χ0v) is 11.1. The smallest absolute Gasteiger partial charge is 0.119 e. The highest BCUT2D eigenvalue weighted by Gasteiger charge is 2.11. The number of nitrogens with zero attached hydrogens (tertiary/aromatic N) is 1. The molecule has 2 rings (SSSR count). The lowest BCUT2D eigenvalue weighted by Crippen LogP contribution is -2.09. The summed E-state index contributed by atoms with van der Waals surface area (Å²) in [5.74, 6) is 0.866. The zero-order valence-electron chi connectivity index (χ0n) is 10.2. The first-order valence-corrected chi connectivity index (χ1v) is 6.62. The molecule has 94 valence electrons. The standard InChI is InChI=1S/C14H16N2OS/c1-17-12-3-2-4-13(9-12)18-14(10-15)11-5-7-16-8-6-11/h2-9,14H,10,15H2,1H3. The van der Waals surface area contributed by atoms with Gasteiger partial charge >= 0.3 is 0 Å². The summed E-state index contributed by atoms with van der Waals surface area (Å²) in [5.41, 5.74) is 7.05. The van der Waals surface area contributed by atoms with Gasteiger partial charge in [0, 0.05) is 29.1 Å². The Bertz CT molecular complexity index is 490.